The molecule has 0 fully saturated rings. The Morgan fingerprint density at radius 1 is 1.19 bits per heavy atom. The number of fused-ring (bicyclic) bond motifs is 1. The summed E-state index contributed by atoms with van der Waals surface area (Å²) in [6.45, 7) is 2.04. The number of rotatable bonds is 4. The quantitative estimate of drug-likeness (QED) is 0.598. The van der Waals surface area contributed by atoms with Crippen LogP contribution in [0.1, 0.15) is 28.3 Å². The highest BCUT2D eigenvalue weighted by Crippen LogP contribution is 2.41. The van der Waals surface area contributed by atoms with Gasteiger partial charge in [-0.3, -0.25) is 4.79 Å². The maximum atomic E-state index is 13.7. The molecule has 6 nitrogen and oxygen atoms in total. The molecule has 0 spiro atoms. The Bertz CT molecular complexity index is 1340. The van der Waals surface area contributed by atoms with Gasteiger partial charge in [0, 0.05) is 21.8 Å². The Labute approximate surface area is 195 Å². The summed E-state index contributed by atoms with van der Waals surface area (Å²) in [5.74, 6) is 0.311. The first-order valence-corrected chi connectivity index (χ1v) is 10.5. The van der Waals surface area contributed by atoms with E-state index in [0.717, 1.165) is 11.1 Å². The molecule has 2 heterocycles. The molecule has 0 amide bonds. The molecule has 0 saturated heterocycles. The molecule has 32 heavy (non-hydrogen) atoms. The van der Waals surface area contributed by atoms with Crippen molar-refractivity contribution in [1.29, 1.82) is 5.26 Å². The van der Waals surface area contributed by atoms with Gasteiger partial charge in [-0.15, -0.1) is 0 Å². The number of nitrogens with zero attached hydrogens (tertiary/aromatic N) is 2. The first kappa shape index (κ1) is 21.8. The van der Waals surface area contributed by atoms with E-state index in [2.05, 4.69) is 6.07 Å². The van der Waals surface area contributed by atoms with Crippen molar-refractivity contribution >= 4 is 23.2 Å². The van der Waals surface area contributed by atoms with Gasteiger partial charge in [0.2, 0.25) is 5.88 Å². The highest BCUT2D eigenvalue weighted by atomic mass is 35.5. The minimum absolute atomic E-state index is 0.0156. The molecule has 0 radical (unpaired) electrons. The van der Waals surface area contributed by atoms with Crippen LogP contribution in [0, 0.1) is 18.3 Å². The lowest BCUT2D eigenvalue weighted by molar-refractivity contribution is 0.388. The molecule has 0 saturated carbocycles. The lowest BCUT2D eigenvalue weighted by Crippen LogP contribution is -2.33. The number of aryl methyl sites for hydroxylation is 1. The summed E-state index contributed by atoms with van der Waals surface area (Å²) in [6, 6.07) is 16.2. The molecule has 2 N–H and O–H groups in total. The minimum Gasteiger partial charge on any atom is -0.497 e. The first-order chi connectivity index (χ1) is 15.3. The van der Waals surface area contributed by atoms with Crippen molar-refractivity contribution in [2.45, 2.75) is 19.4 Å². The lowest BCUT2D eigenvalue weighted by Gasteiger charge is -2.27. The summed E-state index contributed by atoms with van der Waals surface area (Å²) in [5, 5.41) is 10.8. The average molecular weight is 468 g/mol. The summed E-state index contributed by atoms with van der Waals surface area (Å²) in [7, 11) is 1.57. The number of methoxy groups -OCH3 is 1. The average Bonchev–Trinajstić information content (AvgIpc) is 2.77. The minimum atomic E-state index is -0.672. The highest BCUT2D eigenvalue weighted by molar-refractivity contribution is 6.35. The largest absolute Gasteiger partial charge is 0.497 e. The Morgan fingerprint density at radius 2 is 1.91 bits per heavy atom. The van der Waals surface area contributed by atoms with Gasteiger partial charge in [-0.25, -0.2) is 0 Å². The van der Waals surface area contributed by atoms with Crippen LogP contribution in [0.25, 0.3) is 0 Å². The van der Waals surface area contributed by atoms with Crippen molar-refractivity contribution in [1.82, 2.24) is 4.57 Å². The number of nitriles is 1. The van der Waals surface area contributed by atoms with Crippen molar-refractivity contribution < 1.29 is 9.47 Å². The molecule has 1 aliphatic heterocycles. The monoisotopic (exact) mass is 467 g/mol. The number of halogens is 2. The van der Waals surface area contributed by atoms with Crippen LogP contribution in [0.4, 0.5) is 0 Å². The topological polar surface area (TPSA) is 90.3 Å². The Hall–Kier alpha value is -3.40. The van der Waals surface area contributed by atoms with E-state index in [0.29, 0.717) is 32.8 Å². The second-order valence-electron chi connectivity index (χ2n) is 7.39. The van der Waals surface area contributed by atoms with Crippen molar-refractivity contribution in [3.8, 4) is 17.6 Å². The Kier molecular flexibility index (Phi) is 5.88. The van der Waals surface area contributed by atoms with Gasteiger partial charge in [0.1, 0.15) is 23.1 Å². The third-order valence-corrected chi connectivity index (χ3v) is 6.07. The molecular weight excluding hydrogens is 449 g/mol. The summed E-state index contributed by atoms with van der Waals surface area (Å²) in [5.41, 5.74) is 8.44. The molecule has 2 aromatic carbocycles. The molecule has 3 aromatic rings. The number of hydrogen-bond donors (Lipinski definition) is 1. The van der Waals surface area contributed by atoms with Crippen molar-refractivity contribution in [2.75, 3.05) is 7.11 Å². The van der Waals surface area contributed by atoms with Crippen molar-refractivity contribution in [3.05, 3.63) is 103 Å². The lowest BCUT2D eigenvalue weighted by atomic mass is 9.84. The fourth-order valence-corrected chi connectivity index (χ4v) is 4.30. The smallest absolute Gasteiger partial charge is 0.259 e. The third kappa shape index (κ3) is 3.81. The van der Waals surface area contributed by atoms with E-state index < -0.39 is 5.92 Å². The van der Waals surface area contributed by atoms with E-state index in [4.69, 9.17) is 38.4 Å². The second kappa shape index (κ2) is 8.62. The molecule has 1 aromatic heterocycles. The number of aromatic nitrogens is 1. The van der Waals surface area contributed by atoms with Gasteiger partial charge in [0.15, 0.2) is 0 Å². The van der Waals surface area contributed by atoms with Crippen LogP contribution < -0.4 is 20.8 Å². The van der Waals surface area contributed by atoms with Crippen LogP contribution in [-0.2, 0) is 6.54 Å². The van der Waals surface area contributed by atoms with Crippen LogP contribution in [0.2, 0.25) is 10.0 Å². The predicted molar refractivity (Wildman–Crippen MR) is 123 cm³/mol. The van der Waals surface area contributed by atoms with Crippen LogP contribution in [0.15, 0.2) is 64.8 Å². The van der Waals surface area contributed by atoms with Gasteiger partial charge >= 0.3 is 0 Å². The summed E-state index contributed by atoms with van der Waals surface area (Å²) in [6.07, 6.45) is 0. The third-order valence-electron chi connectivity index (χ3n) is 5.48. The van der Waals surface area contributed by atoms with Gasteiger partial charge < -0.3 is 19.8 Å². The summed E-state index contributed by atoms with van der Waals surface area (Å²) in [4.78, 5) is 13.7. The van der Waals surface area contributed by atoms with Gasteiger partial charge in [-0.1, -0.05) is 41.4 Å². The van der Waals surface area contributed by atoms with Crippen LogP contribution >= 0.6 is 23.2 Å². The van der Waals surface area contributed by atoms with E-state index >= 15 is 0 Å². The van der Waals surface area contributed by atoms with E-state index in [9.17, 15) is 10.1 Å². The van der Waals surface area contributed by atoms with Crippen molar-refractivity contribution in [3.63, 3.8) is 0 Å². The van der Waals surface area contributed by atoms with Crippen LogP contribution in [0.5, 0.6) is 11.5 Å². The zero-order chi connectivity index (χ0) is 23.0. The fraction of sp³-hybridized carbons (Fsp3) is 0.167. The van der Waals surface area contributed by atoms with Gasteiger partial charge in [-0.05, 0) is 42.3 Å². The van der Waals surface area contributed by atoms with Crippen LogP contribution in [-0.4, -0.2) is 11.7 Å². The summed E-state index contributed by atoms with van der Waals surface area (Å²) >= 11 is 12.3. The van der Waals surface area contributed by atoms with Gasteiger partial charge in [0.05, 0.1) is 25.1 Å². The molecule has 0 aliphatic carbocycles. The van der Waals surface area contributed by atoms with Gasteiger partial charge in [0.25, 0.3) is 5.56 Å². The molecular formula is C24H19Cl2N3O3. The maximum Gasteiger partial charge on any atom is 0.259 e. The molecule has 0 bridgehead atoms. The number of benzene rings is 2. The second-order valence-corrected chi connectivity index (χ2v) is 8.23. The van der Waals surface area contributed by atoms with Crippen LogP contribution in [0.3, 0.4) is 0 Å². The van der Waals surface area contributed by atoms with Gasteiger partial charge in [-0.2, -0.15) is 5.26 Å². The van der Waals surface area contributed by atoms with Crippen molar-refractivity contribution in [2.24, 2.45) is 5.73 Å². The van der Waals surface area contributed by atoms with E-state index in [-0.39, 0.29) is 23.6 Å². The first-order valence-electron chi connectivity index (χ1n) is 9.73. The number of hydrogen-bond acceptors (Lipinski definition) is 5. The number of allylic oxidation sites excluding steroid dienone is 1. The Balaban J connectivity index is 1.90. The normalized spacial score (nSPS) is 15.0. The maximum absolute atomic E-state index is 13.7. The zero-order valence-electron chi connectivity index (χ0n) is 17.4. The molecule has 8 heteroatoms. The summed E-state index contributed by atoms with van der Waals surface area (Å²) < 4.78 is 12.5. The SMILES string of the molecule is COc1ccc(C2C(C#N)=C(N)Oc3cc(C)n(Cc4ccc(Cl)cc4Cl)c(=O)c32)cc1. The molecule has 162 valence electrons. The van der Waals surface area contributed by atoms with E-state index in [1.165, 1.54) is 0 Å². The standard InChI is InChI=1S/C24H19Cl2N3O3/c1-13-9-20-22(24(30)29(13)12-15-3-6-16(25)10-19(15)26)21(18(11-27)23(28)32-20)14-4-7-17(31-2)8-5-14/h3-10,21H,12,28H2,1-2H3. The molecule has 1 aliphatic rings. The molecule has 1 unspecified atom stereocenters. The molecule has 4 rings (SSSR count). The predicted octanol–water partition coefficient (Wildman–Crippen LogP) is 4.74. The highest BCUT2D eigenvalue weighted by Gasteiger charge is 2.34. The van der Waals surface area contributed by atoms with E-state index in [1.807, 2.05) is 12.1 Å². The Morgan fingerprint density at radius 3 is 2.53 bits per heavy atom. The number of ether oxygens (including phenoxy) is 2. The number of pyridine rings is 1. The van der Waals surface area contributed by atoms with E-state index in [1.54, 1.807) is 55.0 Å². The zero-order valence-corrected chi connectivity index (χ0v) is 18.9. The fourth-order valence-electron chi connectivity index (χ4n) is 3.83. The molecule has 1 atom stereocenters. The number of nitrogens with two attached hydrogens (primary N) is 1.